The number of nitrogens with zero attached hydrogens (tertiary/aromatic N) is 6. The van der Waals surface area contributed by atoms with Gasteiger partial charge in [-0.1, -0.05) is 11.6 Å². The average molecular weight is 527 g/mol. The van der Waals surface area contributed by atoms with Crippen molar-refractivity contribution in [2.45, 2.75) is 6.92 Å². The minimum atomic E-state index is -0.479. The highest BCUT2D eigenvalue weighted by Gasteiger charge is 2.18. The number of aryl methyl sites for hydroxylation is 1. The van der Waals surface area contributed by atoms with Crippen LogP contribution in [0.4, 0.5) is 33.2 Å². The fourth-order valence-corrected chi connectivity index (χ4v) is 4.46. The highest BCUT2D eigenvalue weighted by Crippen LogP contribution is 2.33. The van der Waals surface area contributed by atoms with Gasteiger partial charge in [0.15, 0.2) is 11.6 Å². The number of anilines is 5. The smallest absolute Gasteiger partial charge is 0.245 e. The van der Waals surface area contributed by atoms with Crippen molar-refractivity contribution in [1.29, 1.82) is 0 Å². The summed E-state index contributed by atoms with van der Waals surface area (Å²) in [7, 11) is 0. The largest absolute Gasteiger partial charge is 0.378 e. The summed E-state index contributed by atoms with van der Waals surface area (Å²) in [5.41, 5.74) is 7.14. The van der Waals surface area contributed by atoms with Crippen LogP contribution in [-0.4, -0.2) is 73.8 Å². The molecule has 12 heteroatoms. The van der Waals surface area contributed by atoms with E-state index in [1.165, 1.54) is 0 Å². The van der Waals surface area contributed by atoms with Gasteiger partial charge in [-0.2, -0.15) is 10.1 Å². The third kappa shape index (κ3) is 6.24. The Balaban J connectivity index is 1.20. The Morgan fingerprint density at radius 2 is 1.73 bits per heavy atom. The summed E-state index contributed by atoms with van der Waals surface area (Å²) >= 11 is 6.62. The molecule has 0 amide bonds. The van der Waals surface area contributed by atoms with Crippen molar-refractivity contribution < 1.29 is 13.9 Å². The van der Waals surface area contributed by atoms with E-state index in [-0.39, 0.29) is 11.8 Å². The number of morpholine rings is 2. The van der Waals surface area contributed by atoms with Crippen LogP contribution in [-0.2, 0) is 9.47 Å². The Labute approximate surface area is 219 Å². The first-order valence-electron chi connectivity index (χ1n) is 12.1. The van der Waals surface area contributed by atoms with Crippen LogP contribution in [0, 0.1) is 12.7 Å². The number of ether oxygens (including phenoxy) is 2. The zero-order valence-corrected chi connectivity index (χ0v) is 21.2. The summed E-state index contributed by atoms with van der Waals surface area (Å²) in [6, 6.07) is 7.82. The lowest BCUT2D eigenvalue weighted by molar-refractivity contribution is 0.122. The molecule has 0 bridgehead atoms. The van der Waals surface area contributed by atoms with Crippen molar-refractivity contribution in [2.75, 3.05) is 73.1 Å². The van der Waals surface area contributed by atoms with Crippen LogP contribution in [0.2, 0.25) is 5.02 Å². The summed E-state index contributed by atoms with van der Waals surface area (Å²) < 4.78 is 24.9. The van der Waals surface area contributed by atoms with Crippen LogP contribution in [0.5, 0.6) is 0 Å². The second-order valence-electron chi connectivity index (χ2n) is 8.65. The number of hydrogen-bond donors (Lipinski definition) is 2. The van der Waals surface area contributed by atoms with E-state index < -0.39 is 5.82 Å². The lowest BCUT2D eigenvalue weighted by Gasteiger charge is -2.29. The molecule has 2 N–H and O–H groups in total. The van der Waals surface area contributed by atoms with E-state index in [9.17, 15) is 4.39 Å². The van der Waals surface area contributed by atoms with Gasteiger partial charge in [0.05, 0.1) is 67.1 Å². The molecule has 0 unspecified atom stereocenters. The third-order valence-corrected chi connectivity index (χ3v) is 6.40. The van der Waals surface area contributed by atoms with E-state index >= 15 is 0 Å². The first kappa shape index (κ1) is 25.1. The predicted octanol–water partition coefficient (Wildman–Crippen LogP) is 3.84. The molecule has 1 aromatic carbocycles. The molecule has 2 saturated heterocycles. The molecule has 0 aliphatic carbocycles. The number of aromatic nitrogens is 3. The Kier molecular flexibility index (Phi) is 7.93. The fourth-order valence-electron chi connectivity index (χ4n) is 4.15. The van der Waals surface area contributed by atoms with Crippen LogP contribution in [0.3, 0.4) is 0 Å². The van der Waals surface area contributed by atoms with E-state index in [0.29, 0.717) is 37.0 Å². The van der Waals surface area contributed by atoms with Crippen molar-refractivity contribution in [3.05, 3.63) is 58.8 Å². The van der Waals surface area contributed by atoms with Crippen LogP contribution >= 0.6 is 11.6 Å². The number of halogens is 2. The van der Waals surface area contributed by atoms with E-state index in [0.717, 1.165) is 55.1 Å². The molecule has 5 rings (SSSR count). The summed E-state index contributed by atoms with van der Waals surface area (Å²) in [6.45, 7) is 7.39. The van der Waals surface area contributed by atoms with Gasteiger partial charge >= 0.3 is 0 Å². The Bertz CT molecular complexity index is 1220. The summed E-state index contributed by atoms with van der Waals surface area (Å²) in [5, 5.41) is 8.14. The van der Waals surface area contributed by atoms with Crippen LogP contribution in [0.25, 0.3) is 0 Å². The van der Waals surface area contributed by atoms with Crippen molar-refractivity contribution in [3.8, 4) is 0 Å². The van der Waals surface area contributed by atoms with E-state index in [1.807, 2.05) is 30.0 Å². The number of nitrogens with one attached hydrogen (secondary N) is 2. The van der Waals surface area contributed by atoms with Gasteiger partial charge in [-0.3, -0.25) is 4.98 Å². The maximum absolute atomic E-state index is 14.2. The Hall–Kier alpha value is -3.54. The van der Waals surface area contributed by atoms with Crippen molar-refractivity contribution in [1.82, 2.24) is 15.0 Å². The third-order valence-electron chi connectivity index (χ3n) is 6.10. The quantitative estimate of drug-likeness (QED) is 0.351. The van der Waals surface area contributed by atoms with E-state index in [2.05, 4.69) is 41.8 Å². The Morgan fingerprint density at radius 3 is 2.41 bits per heavy atom. The minimum absolute atomic E-state index is 0.197. The number of benzene rings is 1. The van der Waals surface area contributed by atoms with Crippen molar-refractivity contribution in [3.63, 3.8) is 0 Å². The monoisotopic (exact) mass is 526 g/mol. The Morgan fingerprint density at radius 1 is 1.00 bits per heavy atom. The van der Waals surface area contributed by atoms with Crippen molar-refractivity contribution in [2.24, 2.45) is 5.10 Å². The van der Waals surface area contributed by atoms with Gasteiger partial charge in [0.2, 0.25) is 5.95 Å². The molecule has 0 radical (unpaired) electrons. The molecule has 0 atom stereocenters. The lowest BCUT2D eigenvalue weighted by atomic mass is 10.1. The maximum atomic E-state index is 14.2. The van der Waals surface area contributed by atoms with Gasteiger partial charge in [0.1, 0.15) is 0 Å². The molecular formula is C25H28ClFN8O2. The molecule has 2 fully saturated rings. The van der Waals surface area contributed by atoms with Gasteiger partial charge in [-0.05, 0) is 36.8 Å². The maximum Gasteiger partial charge on any atom is 0.245 e. The van der Waals surface area contributed by atoms with Gasteiger partial charge in [0.25, 0.3) is 0 Å². The van der Waals surface area contributed by atoms with Gasteiger partial charge in [0, 0.05) is 31.9 Å². The second-order valence-corrected chi connectivity index (χ2v) is 9.06. The molecule has 10 nitrogen and oxygen atoms in total. The molecule has 4 heterocycles. The normalized spacial score (nSPS) is 16.3. The second kappa shape index (κ2) is 11.7. The molecule has 0 spiro atoms. The SMILES string of the molecule is Cc1cc(N2CCOCC2)cc(Cl)c1Nc1ccc(/C=N/Nc2ncc(F)c(N3CCOCC3)n2)nc1. The number of rotatable bonds is 7. The molecule has 3 aromatic rings. The summed E-state index contributed by atoms with van der Waals surface area (Å²) in [4.78, 5) is 16.7. The zero-order valence-electron chi connectivity index (χ0n) is 20.5. The van der Waals surface area contributed by atoms with E-state index in [1.54, 1.807) is 12.4 Å². The van der Waals surface area contributed by atoms with Crippen LogP contribution < -0.4 is 20.5 Å². The van der Waals surface area contributed by atoms with Crippen molar-refractivity contribution >= 4 is 46.6 Å². The van der Waals surface area contributed by atoms with Crippen LogP contribution in [0.15, 0.2) is 41.8 Å². The molecule has 2 aromatic heterocycles. The number of pyridine rings is 1. The molecular weight excluding hydrogens is 499 g/mol. The summed E-state index contributed by atoms with van der Waals surface area (Å²) in [6.07, 6.45) is 4.38. The van der Waals surface area contributed by atoms with Gasteiger partial charge in [-0.25, -0.2) is 14.8 Å². The standard InChI is InChI=1S/C25H28ClFN8O2/c1-17-12-20(34-4-8-36-9-5-34)13-21(26)23(17)31-19-3-2-18(28-14-19)15-30-33-25-29-16-22(27)24(32-25)35-6-10-37-11-7-35/h2-3,12-16,31H,4-11H2,1H3,(H,29,32,33)/b30-15+. The topological polar surface area (TPSA) is 100 Å². The first-order chi connectivity index (χ1) is 18.1. The van der Waals surface area contributed by atoms with Gasteiger partial charge < -0.3 is 24.6 Å². The number of hydrogen-bond acceptors (Lipinski definition) is 10. The summed E-state index contributed by atoms with van der Waals surface area (Å²) in [5.74, 6) is -0.0492. The zero-order chi connectivity index (χ0) is 25.6. The highest BCUT2D eigenvalue weighted by atomic mass is 35.5. The first-order valence-corrected chi connectivity index (χ1v) is 12.4. The fraction of sp³-hybridized carbons (Fsp3) is 0.360. The minimum Gasteiger partial charge on any atom is -0.378 e. The number of hydrazone groups is 1. The van der Waals surface area contributed by atoms with E-state index in [4.69, 9.17) is 21.1 Å². The average Bonchev–Trinajstić information content (AvgIpc) is 2.93. The molecule has 37 heavy (non-hydrogen) atoms. The predicted molar refractivity (Wildman–Crippen MR) is 143 cm³/mol. The molecule has 2 aliphatic heterocycles. The molecule has 0 saturated carbocycles. The molecule has 2 aliphatic rings. The molecule has 194 valence electrons. The van der Waals surface area contributed by atoms with Crippen LogP contribution in [0.1, 0.15) is 11.3 Å². The highest BCUT2D eigenvalue weighted by molar-refractivity contribution is 6.33. The van der Waals surface area contributed by atoms with Gasteiger partial charge in [-0.15, -0.1) is 0 Å². The lowest BCUT2D eigenvalue weighted by Crippen LogP contribution is -2.37.